The van der Waals surface area contributed by atoms with E-state index in [-0.39, 0.29) is 18.5 Å². The summed E-state index contributed by atoms with van der Waals surface area (Å²) in [5, 5.41) is 3.00. The summed E-state index contributed by atoms with van der Waals surface area (Å²) in [6.07, 6.45) is 1.92. The predicted octanol–water partition coefficient (Wildman–Crippen LogP) is 0.490. The van der Waals surface area contributed by atoms with Crippen LogP contribution < -0.4 is 11.1 Å². The van der Waals surface area contributed by atoms with Gasteiger partial charge in [-0.05, 0) is 18.6 Å². The molecule has 1 heterocycles. The van der Waals surface area contributed by atoms with Gasteiger partial charge in [0.05, 0.1) is 6.67 Å². The minimum atomic E-state index is -1.09. The summed E-state index contributed by atoms with van der Waals surface area (Å²) in [5.74, 6) is -0.698. The Balaban J connectivity index is 2.23. The zero-order valence-electron chi connectivity index (χ0n) is 10.6. The van der Waals surface area contributed by atoms with E-state index in [0.29, 0.717) is 18.5 Å². The van der Waals surface area contributed by atoms with Crippen LogP contribution in [0.1, 0.15) is 16.8 Å². The van der Waals surface area contributed by atoms with Crippen molar-refractivity contribution in [1.29, 1.82) is 0 Å². The van der Waals surface area contributed by atoms with Gasteiger partial charge in [-0.1, -0.05) is 24.3 Å². The van der Waals surface area contributed by atoms with Crippen LogP contribution in [0.15, 0.2) is 43.0 Å². The molecule has 1 aromatic rings. The molecular weight excluding hydrogens is 242 g/mol. The lowest BCUT2D eigenvalue weighted by Crippen LogP contribution is -2.67. The zero-order valence-corrected chi connectivity index (χ0v) is 10.6. The minimum absolute atomic E-state index is 0.183. The first-order valence-electron chi connectivity index (χ1n) is 6.10. The van der Waals surface area contributed by atoms with Crippen molar-refractivity contribution in [2.24, 2.45) is 5.73 Å². The number of amides is 2. The summed E-state index contributed by atoms with van der Waals surface area (Å²) >= 11 is 0. The van der Waals surface area contributed by atoms with Gasteiger partial charge in [-0.2, -0.15) is 0 Å². The monoisotopic (exact) mass is 259 g/mol. The molecule has 19 heavy (non-hydrogen) atoms. The van der Waals surface area contributed by atoms with Crippen LogP contribution in [-0.2, 0) is 4.79 Å². The third-order valence-corrected chi connectivity index (χ3v) is 3.16. The van der Waals surface area contributed by atoms with Gasteiger partial charge in [0.1, 0.15) is 5.54 Å². The summed E-state index contributed by atoms with van der Waals surface area (Å²) in [6, 6.07) is 8.69. The molecule has 0 unspecified atom stereocenters. The molecule has 0 bridgehead atoms. The van der Waals surface area contributed by atoms with Crippen LogP contribution in [0.5, 0.6) is 0 Å². The highest BCUT2D eigenvalue weighted by atomic mass is 16.2. The van der Waals surface area contributed by atoms with Crippen molar-refractivity contribution >= 4 is 11.8 Å². The zero-order chi connectivity index (χ0) is 13.9. The van der Waals surface area contributed by atoms with E-state index in [1.54, 1.807) is 30.3 Å². The number of carbonyl (C=O) groups is 2. The lowest BCUT2D eigenvalue weighted by Gasteiger charge is -2.38. The summed E-state index contributed by atoms with van der Waals surface area (Å²) in [5.41, 5.74) is 5.42. The number of hydrogen-bond donors (Lipinski definition) is 2. The second-order valence-corrected chi connectivity index (χ2v) is 4.64. The van der Waals surface area contributed by atoms with E-state index >= 15 is 0 Å². The Bertz CT molecular complexity index is 501. The van der Waals surface area contributed by atoms with Gasteiger partial charge in [0.2, 0.25) is 0 Å². The van der Waals surface area contributed by atoms with E-state index in [0.717, 1.165) is 4.90 Å². The minimum Gasteiger partial charge on any atom is -0.316 e. The fourth-order valence-corrected chi connectivity index (χ4v) is 2.12. The molecule has 0 saturated carbocycles. The van der Waals surface area contributed by atoms with Gasteiger partial charge < -0.3 is 5.73 Å². The standard InChI is InChI=1S/C14H17N3O2/c1-2-8-14(15)9-16-10-17(13(14)19)12(18)11-6-4-3-5-7-11/h2-7,16H,1,8-10,15H2/t14-/m0/s1. The summed E-state index contributed by atoms with van der Waals surface area (Å²) in [4.78, 5) is 25.8. The summed E-state index contributed by atoms with van der Waals surface area (Å²) in [6.45, 7) is 4.13. The predicted molar refractivity (Wildman–Crippen MR) is 72.2 cm³/mol. The first-order chi connectivity index (χ1) is 9.08. The van der Waals surface area contributed by atoms with Gasteiger partial charge in [-0.15, -0.1) is 6.58 Å². The molecule has 1 fully saturated rings. The molecule has 0 radical (unpaired) electrons. The van der Waals surface area contributed by atoms with Gasteiger partial charge in [-0.3, -0.25) is 19.8 Å². The molecular formula is C14H17N3O2. The fraction of sp³-hybridized carbons (Fsp3) is 0.286. The number of rotatable bonds is 3. The van der Waals surface area contributed by atoms with E-state index in [2.05, 4.69) is 11.9 Å². The number of carbonyl (C=O) groups excluding carboxylic acids is 2. The van der Waals surface area contributed by atoms with E-state index in [9.17, 15) is 9.59 Å². The second kappa shape index (κ2) is 5.34. The molecule has 2 rings (SSSR count). The van der Waals surface area contributed by atoms with Gasteiger partial charge >= 0.3 is 0 Å². The largest absolute Gasteiger partial charge is 0.316 e. The summed E-state index contributed by atoms with van der Waals surface area (Å²) in [7, 11) is 0. The van der Waals surface area contributed by atoms with Crippen LogP contribution >= 0.6 is 0 Å². The number of nitrogens with two attached hydrogens (primary N) is 1. The maximum absolute atomic E-state index is 12.3. The van der Waals surface area contributed by atoms with Crippen LogP contribution in [0.3, 0.4) is 0 Å². The van der Waals surface area contributed by atoms with Crippen LogP contribution in [0.4, 0.5) is 0 Å². The quantitative estimate of drug-likeness (QED) is 0.612. The number of hydrogen-bond acceptors (Lipinski definition) is 4. The molecule has 1 aliphatic heterocycles. The number of imide groups is 1. The highest BCUT2D eigenvalue weighted by Gasteiger charge is 2.42. The van der Waals surface area contributed by atoms with Crippen molar-refractivity contribution in [2.75, 3.05) is 13.2 Å². The molecule has 100 valence electrons. The molecule has 0 aliphatic carbocycles. The number of nitrogens with one attached hydrogen (secondary N) is 1. The Morgan fingerprint density at radius 3 is 2.79 bits per heavy atom. The lowest BCUT2D eigenvalue weighted by atomic mass is 9.92. The molecule has 1 aliphatic rings. The van der Waals surface area contributed by atoms with Crippen molar-refractivity contribution in [3.8, 4) is 0 Å². The van der Waals surface area contributed by atoms with Crippen LogP contribution in [0.25, 0.3) is 0 Å². The van der Waals surface area contributed by atoms with Gasteiger partial charge in [-0.25, -0.2) is 0 Å². The van der Waals surface area contributed by atoms with E-state index < -0.39 is 5.54 Å². The average Bonchev–Trinajstić information content (AvgIpc) is 2.43. The molecule has 3 N–H and O–H groups in total. The normalized spacial score (nSPS) is 23.2. The third kappa shape index (κ3) is 2.57. The molecule has 0 aromatic heterocycles. The van der Waals surface area contributed by atoms with Crippen molar-refractivity contribution < 1.29 is 9.59 Å². The maximum atomic E-state index is 12.3. The SMILES string of the molecule is C=CC[C@]1(N)CNCN(C(=O)c2ccccc2)C1=O. The second-order valence-electron chi connectivity index (χ2n) is 4.64. The van der Waals surface area contributed by atoms with E-state index in [1.807, 2.05) is 6.07 Å². The Labute approximate surface area is 112 Å². The number of nitrogens with zero attached hydrogens (tertiary/aromatic N) is 1. The highest BCUT2D eigenvalue weighted by Crippen LogP contribution is 2.17. The number of benzene rings is 1. The molecule has 2 amide bonds. The van der Waals surface area contributed by atoms with Gasteiger partial charge in [0, 0.05) is 12.1 Å². The van der Waals surface area contributed by atoms with Crippen LogP contribution in [-0.4, -0.2) is 35.5 Å². The van der Waals surface area contributed by atoms with Crippen molar-refractivity contribution in [1.82, 2.24) is 10.2 Å². The van der Waals surface area contributed by atoms with Crippen molar-refractivity contribution in [3.05, 3.63) is 48.6 Å². The van der Waals surface area contributed by atoms with E-state index in [1.165, 1.54) is 0 Å². The molecule has 5 heteroatoms. The highest BCUT2D eigenvalue weighted by molar-refractivity contribution is 6.07. The van der Waals surface area contributed by atoms with Crippen molar-refractivity contribution in [2.45, 2.75) is 12.0 Å². The Morgan fingerprint density at radius 1 is 1.47 bits per heavy atom. The van der Waals surface area contributed by atoms with E-state index in [4.69, 9.17) is 5.73 Å². The molecule has 0 spiro atoms. The molecule has 1 aromatic carbocycles. The molecule has 5 nitrogen and oxygen atoms in total. The van der Waals surface area contributed by atoms with Crippen LogP contribution in [0, 0.1) is 0 Å². The lowest BCUT2D eigenvalue weighted by molar-refractivity contribution is -0.136. The van der Waals surface area contributed by atoms with Crippen LogP contribution in [0.2, 0.25) is 0 Å². The molecule has 1 atom stereocenters. The molecule has 1 saturated heterocycles. The van der Waals surface area contributed by atoms with Gasteiger partial charge in [0.15, 0.2) is 0 Å². The fourth-order valence-electron chi connectivity index (χ4n) is 2.12. The van der Waals surface area contributed by atoms with Gasteiger partial charge in [0.25, 0.3) is 11.8 Å². The maximum Gasteiger partial charge on any atom is 0.261 e. The summed E-state index contributed by atoms with van der Waals surface area (Å²) < 4.78 is 0. The first kappa shape index (κ1) is 13.5. The smallest absolute Gasteiger partial charge is 0.261 e. The first-order valence-corrected chi connectivity index (χ1v) is 6.10. The Morgan fingerprint density at radius 2 is 2.16 bits per heavy atom. The van der Waals surface area contributed by atoms with Crippen molar-refractivity contribution in [3.63, 3.8) is 0 Å². The topological polar surface area (TPSA) is 75.4 Å². The third-order valence-electron chi connectivity index (χ3n) is 3.16. The average molecular weight is 259 g/mol. The Hall–Kier alpha value is -1.98. The Kier molecular flexibility index (Phi) is 3.78.